The molecule has 4 aliphatic heterocycles. The number of ether oxygens (including phenoxy) is 4. The first kappa shape index (κ1) is 96.7. The van der Waals surface area contributed by atoms with Crippen molar-refractivity contribution >= 4 is 0 Å². The van der Waals surface area contributed by atoms with E-state index in [4.69, 9.17) is 18.9 Å². The van der Waals surface area contributed by atoms with E-state index in [0.717, 1.165) is 167 Å². The predicted octanol–water partition coefficient (Wildman–Crippen LogP) is 31.5. The Bertz CT molecular complexity index is 3320. The van der Waals surface area contributed by atoms with Gasteiger partial charge in [0.05, 0.1) is 22.3 Å². The molecule has 0 spiro atoms. The molecule has 9 aliphatic rings. The van der Waals surface area contributed by atoms with Crippen LogP contribution in [-0.4, -0.2) is 91.1 Å². The van der Waals surface area contributed by atoms with E-state index in [1.165, 1.54) is 308 Å². The average molecular weight is 1710 g/mol. The maximum Gasteiger partial charge on any atom is 0.142 e. The van der Waals surface area contributed by atoms with Gasteiger partial charge in [-0.3, -0.25) is 19.6 Å². The lowest BCUT2D eigenvalue weighted by atomic mass is 9.74. The number of nitrogens with zero attached hydrogens (tertiary/aromatic N) is 4. The van der Waals surface area contributed by atoms with Crippen LogP contribution in [0.2, 0.25) is 0 Å². The number of phenols is 4. The molecule has 12 heteroatoms. The van der Waals surface area contributed by atoms with Crippen molar-refractivity contribution in [1.29, 1.82) is 0 Å². The Hall–Kier alpha value is -4.88. The lowest BCUT2D eigenvalue weighted by molar-refractivity contribution is 0.0275. The van der Waals surface area contributed by atoms with Crippen molar-refractivity contribution in [3.8, 4) is 46.0 Å². The van der Waals surface area contributed by atoms with Gasteiger partial charge in [-0.2, -0.15) is 0 Å². The Labute approximate surface area is 756 Å². The van der Waals surface area contributed by atoms with Gasteiger partial charge in [0.1, 0.15) is 72.9 Å². The van der Waals surface area contributed by atoms with Gasteiger partial charge in [-0.15, -0.1) is 0 Å². The third-order valence-electron chi connectivity index (χ3n) is 33.6. The quantitative estimate of drug-likeness (QED) is 0.0314. The number of aromatic hydroxyl groups is 4. The molecule has 4 heterocycles. The van der Waals surface area contributed by atoms with E-state index in [-0.39, 0.29) is 47.8 Å². The average Bonchev–Trinajstić information content (AvgIpc) is 0.723. The minimum absolute atomic E-state index is 0.253. The van der Waals surface area contributed by atoms with E-state index in [0.29, 0.717) is 99.8 Å². The monoisotopic (exact) mass is 1710 g/mol. The van der Waals surface area contributed by atoms with Gasteiger partial charge in [0.15, 0.2) is 0 Å². The molecule has 4 unspecified atom stereocenters. The molecule has 696 valence electrons. The SMILES string of the molecule is CCCCCCCCCCCC1c2cc(c3c(c2O)CN([C@H](C)C2CCCCC2)CO3)C(CCCCCCCCCCC)c2cc(c3c(c2O)CN([C@H](C)C2CCCCC2)CO3)C(CCCCCCCCCCC)c2cc(c3c(c2O)CN([C@H](C)C2CCCCC2)CO3)C(CCCCCCCCCCC)c2cc1c1c(c2O)CN([C@H](C)C2CCCCC2)CO1. The topological polar surface area (TPSA) is 131 Å². The van der Waals surface area contributed by atoms with Crippen molar-refractivity contribution in [1.82, 2.24) is 19.6 Å². The summed E-state index contributed by atoms with van der Waals surface area (Å²) in [6.45, 7) is 23.1. The molecule has 124 heavy (non-hydrogen) atoms. The molecule has 13 rings (SSSR count). The normalized spacial score (nSPS) is 21.9. The molecule has 0 saturated heterocycles. The molecule has 0 aromatic heterocycles. The Balaban J connectivity index is 1.09. The molecule has 5 aliphatic carbocycles. The lowest BCUT2D eigenvalue weighted by Crippen LogP contribution is -2.44. The number of unbranched alkanes of at least 4 members (excludes halogenated alkanes) is 32. The molecule has 4 aromatic rings. The minimum atomic E-state index is -0.336. The van der Waals surface area contributed by atoms with Crippen LogP contribution in [-0.2, 0) is 26.2 Å². The molecular formula is C112H180N4O8. The maximum absolute atomic E-state index is 14.5. The van der Waals surface area contributed by atoms with Crippen molar-refractivity contribution < 1.29 is 39.4 Å². The van der Waals surface area contributed by atoms with Crippen molar-refractivity contribution in [2.45, 2.75) is 515 Å². The highest BCUT2D eigenvalue weighted by molar-refractivity contribution is 5.69. The van der Waals surface area contributed by atoms with Gasteiger partial charge >= 0.3 is 0 Å². The largest absolute Gasteiger partial charge is 0.507 e. The standard InChI is InChI=1S/C112H180N4O8/c1-9-13-17-21-25-29-33-37-53-65-89-93-69-98(110-101(105(93)117)73-113(78-122-110)81(5)85-57-45-41-46-58-85)91(67-55-39-35-31-27-23-19-15-11-3)95-71-100(112-103(107(95)119)75-115(80-124-112)83(7)87-61-49-43-50-62-87)92(68-56-40-36-32-28-24-20-16-12-4)96-72-99(111-104(108(96)120)76-116(79-123-111)84(8)88-63-51-44-52-64-88)90(66-54-38-34-30-26-22-18-14-10-2)94-70-97(89)109-102(106(94)118)74-114(77-121-109)82(6)86-59-47-42-48-60-86/h69-72,81-92,117-120H,9-68,73-80H2,1-8H3/t81-,82-,83-,84-,89?,90?,91?,92?/m1/s1. The van der Waals surface area contributed by atoms with E-state index in [1.807, 2.05) is 0 Å². The fourth-order valence-corrected chi connectivity index (χ4v) is 25.2. The zero-order chi connectivity index (χ0) is 86.5. The Kier molecular flexibility index (Phi) is 39.4. The van der Waals surface area contributed by atoms with Crippen LogP contribution in [0.4, 0.5) is 0 Å². The summed E-state index contributed by atoms with van der Waals surface area (Å²) in [5.74, 6) is 5.39. The first-order valence-electron chi connectivity index (χ1n) is 53.8. The van der Waals surface area contributed by atoms with E-state index >= 15 is 0 Å². The van der Waals surface area contributed by atoms with Crippen LogP contribution >= 0.6 is 0 Å². The molecule has 0 amide bonds. The predicted molar refractivity (Wildman–Crippen MR) is 515 cm³/mol. The van der Waals surface area contributed by atoms with E-state index in [1.54, 1.807) is 0 Å². The summed E-state index contributed by atoms with van der Waals surface area (Å²) in [5, 5.41) is 58.1. The van der Waals surface area contributed by atoms with E-state index in [9.17, 15) is 20.4 Å². The Morgan fingerprint density at radius 2 is 0.411 bits per heavy atom. The van der Waals surface area contributed by atoms with Crippen LogP contribution in [0.15, 0.2) is 24.3 Å². The number of phenolic OH excluding ortho intramolecular Hbond substituents is 4. The molecule has 4 saturated carbocycles. The highest BCUT2D eigenvalue weighted by Gasteiger charge is 2.45. The first-order valence-corrected chi connectivity index (χ1v) is 53.8. The summed E-state index contributed by atoms with van der Waals surface area (Å²) in [5.41, 5.74) is 11.6. The summed E-state index contributed by atoms with van der Waals surface area (Å²) in [6, 6.07) is 10.8. The second-order valence-corrected chi connectivity index (χ2v) is 42.2. The molecule has 12 nitrogen and oxygen atoms in total. The molecule has 8 bridgehead atoms. The summed E-state index contributed by atoms with van der Waals surface area (Å²) < 4.78 is 30.7. The second kappa shape index (κ2) is 50.5. The summed E-state index contributed by atoms with van der Waals surface area (Å²) in [6.07, 6.45) is 71.5. The summed E-state index contributed by atoms with van der Waals surface area (Å²) in [4.78, 5) is 10.3. The van der Waals surface area contributed by atoms with Crippen LogP contribution < -0.4 is 18.9 Å². The van der Waals surface area contributed by atoms with Gasteiger partial charge in [0.25, 0.3) is 0 Å². The van der Waals surface area contributed by atoms with Gasteiger partial charge in [-0.25, -0.2) is 0 Å². The van der Waals surface area contributed by atoms with Crippen LogP contribution in [0.25, 0.3) is 0 Å². The molecule has 4 fully saturated rings. The van der Waals surface area contributed by atoms with Crippen LogP contribution in [0, 0.1) is 23.7 Å². The second-order valence-electron chi connectivity index (χ2n) is 42.2. The zero-order valence-corrected chi connectivity index (χ0v) is 80.5. The minimum Gasteiger partial charge on any atom is -0.507 e. The molecule has 0 radical (unpaired) electrons. The molecule has 4 aromatic carbocycles. The Morgan fingerprint density at radius 3 is 0.589 bits per heavy atom. The van der Waals surface area contributed by atoms with E-state index in [2.05, 4.69) is 99.3 Å². The van der Waals surface area contributed by atoms with Gasteiger partial charge in [-0.05, 0) is 153 Å². The third kappa shape index (κ3) is 25.0. The fraction of sp³-hybridized carbons (Fsp3) is 0.786. The molecular weight excluding hydrogens is 1530 g/mol. The molecule has 4 N–H and O–H groups in total. The summed E-state index contributed by atoms with van der Waals surface area (Å²) >= 11 is 0. The first-order chi connectivity index (χ1) is 60.8. The fourth-order valence-electron chi connectivity index (χ4n) is 25.2. The van der Waals surface area contributed by atoms with Crippen molar-refractivity contribution in [3.05, 3.63) is 91.0 Å². The van der Waals surface area contributed by atoms with Crippen LogP contribution in [0.3, 0.4) is 0 Å². The Morgan fingerprint density at radius 1 is 0.242 bits per heavy atom. The van der Waals surface area contributed by atoms with Crippen LogP contribution in [0.1, 0.15) is 531 Å². The number of rotatable bonds is 48. The highest BCUT2D eigenvalue weighted by Crippen LogP contribution is 2.59. The number of benzene rings is 4. The highest BCUT2D eigenvalue weighted by atomic mass is 16.5. The van der Waals surface area contributed by atoms with Gasteiger partial charge in [0, 0.05) is 119 Å². The third-order valence-corrected chi connectivity index (χ3v) is 33.6. The van der Waals surface area contributed by atoms with Crippen molar-refractivity contribution in [2.24, 2.45) is 23.7 Å². The van der Waals surface area contributed by atoms with Gasteiger partial charge in [-0.1, -0.05) is 336 Å². The van der Waals surface area contributed by atoms with Crippen molar-refractivity contribution in [3.63, 3.8) is 0 Å². The zero-order valence-electron chi connectivity index (χ0n) is 80.5. The van der Waals surface area contributed by atoms with E-state index < -0.39 is 0 Å². The number of hydrogen-bond donors (Lipinski definition) is 4. The van der Waals surface area contributed by atoms with Gasteiger partial charge in [0.2, 0.25) is 0 Å². The van der Waals surface area contributed by atoms with Gasteiger partial charge < -0.3 is 39.4 Å². The smallest absolute Gasteiger partial charge is 0.142 e. The van der Waals surface area contributed by atoms with Crippen LogP contribution in [0.5, 0.6) is 46.0 Å². The van der Waals surface area contributed by atoms with Crippen molar-refractivity contribution in [2.75, 3.05) is 26.9 Å². The number of hydrogen-bond acceptors (Lipinski definition) is 12. The lowest BCUT2D eigenvalue weighted by Gasteiger charge is -2.42. The summed E-state index contributed by atoms with van der Waals surface area (Å²) in [7, 11) is 0. The molecule has 8 atom stereocenters. The number of fused-ring (bicyclic) bond motifs is 16. The maximum atomic E-state index is 14.5.